The van der Waals surface area contributed by atoms with Gasteiger partial charge in [0, 0.05) is 42.5 Å². The second-order valence-corrected chi connectivity index (χ2v) is 8.95. The van der Waals surface area contributed by atoms with E-state index < -0.39 is 0 Å². The van der Waals surface area contributed by atoms with E-state index in [1.54, 1.807) is 23.0 Å². The minimum atomic E-state index is -0.161. The molecule has 0 aliphatic carbocycles. The molecule has 0 unspecified atom stereocenters. The molecule has 0 spiro atoms. The van der Waals surface area contributed by atoms with Crippen molar-refractivity contribution in [3.8, 4) is 17.0 Å². The van der Waals surface area contributed by atoms with Gasteiger partial charge in [-0.2, -0.15) is 5.10 Å². The number of halogens is 1. The number of aromatic nitrogens is 2. The number of hydrogen-bond donors (Lipinski definition) is 1. The number of carbonyl (C=O) groups is 1. The van der Waals surface area contributed by atoms with Crippen LogP contribution in [0.15, 0.2) is 54.7 Å². The van der Waals surface area contributed by atoms with Crippen LogP contribution < -0.4 is 10.1 Å². The van der Waals surface area contributed by atoms with Gasteiger partial charge in [-0.1, -0.05) is 29.8 Å². The predicted molar refractivity (Wildman–Crippen MR) is 126 cm³/mol. The van der Waals surface area contributed by atoms with Gasteiger partial charge in [-0.3, -0.25) is 14.4 Å². The molecule has 0 atom stereocenters. The van der Waals surface area contributed by atoms with Crippen molar-refractivity contribution in [3.63, 3.8) is 0 Å². The second-order valence-electron chi connectivity index (χ2n) is 8.54. The third-order valence-electron chi connectivity index (χ3n) is 6.63. The summed E-state index contributed by atoms with van der Waals surface area (Å²) in [6, 6.07) is 16.3. The number of rotatable bonds is 7. The molecule has 1 amide bonds. The smallest absolute Gasteiger partial charge is 0.255 e. The summed E-state index contributed by atoms with van der Waals surface area (Å²) < 4.78 is 7.98. The lowest BCUT2D eigenvalue weighted by atomic mass is 10.0. The number of ether oxygens (including phenoxy) is 1. The van der Waals surface area contributed by atoms with Crippen LogP contribution in [0.3, 0.4) is 0 Å². The Morgan fingerprint density at radius 3 is 2.50 bits per heavy atom. The summed E-state index contributed by atoms with van der Waals surface area (Å²) in [5.74, 6) is 0.575. The largest absolute Gasteiger partial charge is 0.492 e. The Labute approximate surface area is 193 Å². The van der Waals surface area contributed by atoms with E-state index >= 15 is 0 Å². The number of hydrogen-bond acceptors (Lipinski definition) is 4. The minimum absolute atomic E-state index is 0.161. The normalized spacial score (nSPS) is 19.9. The van der Waals surface area contributed by atoms with E-state index in [0.29, 0.717) is 22.9 Å². The van der Waals surface area contributed by atoms with Crippen molar-refractivity contribution in [2.45, 2.75) is 37.8 Å². The zero-order valence-corrected chi connectivity index (χ0v) is 18.9. The highest BCUT2D eigenvalue weighted by Gasteiger charge is 2.38. The molecule has 5 rings (SSSR count). The zero-order valence-electron chi connectivity index (χ0n) is 18.1. The fraction of sp³-hybridized carbons (Fsp3) is 0.360. The van der Waals surface area contributed by atoms with Crippen molar-refractivity contribution in [1.82, 2.24) is 14.7 Å². The Kier molecular flexibility index (Phi) is 5.89. The Balaban J connectivity index is 1.37. The summed E-state index contributed by atoms with van der Waals surface area (Å²) in [5, 5.41) is 7.79. The van der Waals surface area contributed by atoms with Gasteiger partial charge in [-0.25, -0.2) is 0 Å². The fourth-order valence-electron chi connectivity index (χ4n) is 5.07. The molecule has 6 nitrogen and oxygen atoms in total. The van der Waals surface area contributed by atoms with E-state index in [2.05, 4.69) is 15.3 Å². The standard InChI is InChI=1S/C25H27ClN4O2/c1-29-24(22(26)16-27-29)21-15-18(28-25(31)17-5-3-2-4-6-17)7-12-23(21)32-14-13-30-19-8-9-20(30)11-10-19/h2-7,12,15-16,19-20H,8-11,13-14H2,1H3,(H,28,31). The van der Waals surface area contributed by atoms with E-state index in [4.69, 9.17) is 16.3 Å². The van der Waals surface area contributed by atoms with Crippen LogP contribution in [-0.2, 0) is 7.05 Å². The molecule has 32 heavy (non-hydrogen) atoms. The summed E-state index contributed by atoms with van der Waals surface area (Å²) in [5.41, 5.74) is 2.85. The van der Waals surface area contributed by atoms with Gasteiger partial charge in [0.05, 0.1) is 16.9 Å². The van der Waals surface area contributed by atoms with Crippen molar-refractivity contribution in [1.29, 1.82) is 0 Å². The van der Waals surface area contributed by atoms with Crippen LogP contribution in [0.1, 0.15) is 36.0 Å². The lowest BCUT2D eigenvalue weighted by Gasteiger charge is -2.22. The molecule has 166 valence electrons. The molecular formula is C25H27ClN4O2. The van der Waals surface area contributed by atoms with Crippen LogP contribution in [0, 0.1) is 0 Å². The molecule has 2 saturated heterocycles. The highest BCUT2D eigenvalue weighted by Crippen LogP contribution is 2.38. The molecule has 2 aliphatic rings. The Hall–Kier alpha value is -2.83. The van der Waals surface area contributed by atoms with E-state index in [-0.39, 0.29) is 5.91 Å². The Morgan fingerprint density at radius 2 is 1.84 bits per heavy atom. The van der Waals surface area contributed by atoms with Gasteiger partial charge in [0.15, 0.2) is 0 Å². The maximum absolute atomic E-state index is 12.6. The molecule has 2 aromatic carbocycles. The summed E-state index contributed by atoms with van der Waals surface area (Å²) in [6.45, 7) is 1.55. The first kappa shape index (κ1) is 21.0. The van der Waals surface area contributed by atoms with Crippen molar-refractivity contribution in [2.75, 3.05) is 18.5 Å². The van der Waals surface area contributed by atoms with Crippen LogP contribution >= 0.6 is 11.6 Å². The summed E-state index contributed by atoms with van der Waals surface area (Å²) in [4.78, 5) is 15.2. The number of benzene rings is 2. The molecule has 2 bridgehead atoms. The number of nitrogens with one attached hydrogen (secondary N) is 1. The molecule has 2 fully saturated rings. The van der Waals surface area contributed by atoms with Crippen LogP contribution in [0.5, 0.6) is 5.75 Å². The Morgan fingerprint density at radius 1 is 1.12 bits per heavy atom. The SMILES string of the molecule is Cn1ncc(Cl)c1-c1cc(NC(=O)c2ccccc2)ccc1OCCN1C2CCC1CC2. The number of carbonyl (C=O) groups excluding carboxylic acids is 1. The quantitative estimate of drug-likeness (QED) is 0.550. The molecule has 3 aromatic rings. The van der Waals surface area contributed by atoms with E-state index in [0.717, 1.165) is 35.6 Å². The topological polar surface area (TPSA) is 59.4 Å². The third-order valence-corrected chi connectivity index (χ3v) is 6.91. The highest BCUT2D eigenvalue weighted by atomic mass is 35.5. The zero-order chi connectivity index (χ0) is 22.1. The van der Waals surface area contributed by atoms with Crippen molar-refractivity contribution < 1.29 is 9.53 Å². The van der Waals surface area contributed by atoms with Gasteiger partial charge < -0.3 is 10.1 Å². The molecular weight excluding hydrogens is 424 g/mol. The van der Waals surface area contributed by atoms with Crippen LogP contribution in [-0.4, -0.2) is 45.8 Å². The predicted octanol–water partition coefficient (Wildman–Crippen LogP) is 5.00. The van der Waals surface area contributed by atoms with E-state index in [1.807, 2.05) is 43.4 Å². The lowest BCUT2D eigenvalue weighted by molar-refractivity contribution is 0.102. The van der Waals surface area contributed by atoms with E-state index in [1.165, 1.54) is 25.7 Å². The molecule has 3 heterocycles. The van der Waals surface area contributed by atoms with Crippen LogP contribution in [0.4, 0.5) is 5.69 Å². The van der Waals surface area contributed by atoms with Crippen LogP contribution in [0.2, 0.25) is 5.02 Å². The Bertz CT molecular complexity index is 1070. The van der Waals surface area contributed by atoms with Gasteiger partial charge in [0.1, 0.15) is 12.4 Å². The summed E-state index contributed by atoms with van der Waals surface area (Å²) in [6.07, 6.45) is 6.89. The number of nitrogens with zero attached hydrogens (tertiary/aromatic N) is 3. The third kappa shape index (κ3) is 4.12. The first-order chi connectivity index (χ1) is 15.6. The molecule has 1 aromatic heterocycles. The minimum Gasteiger partial charge on any atom is -0.492 e. The van der Waals surface area contributed by atoms with Crippen LogP contribution in [0.25, 0.3) is 11.3 Å². The van der Waals surface area contributed by atoms with Crippen molar-refractivity contribution in [3.05, 3.63) is 65.3 Å². The average Bonchev–Trinajstić information content (AvgIpc) is 3.49. The number of amides is 1. The molecule has 7 heteroatoms. The maximum atomic E-state index is 12.6. The van der Waals surface area contributed by atoms with Crippen molar-refractivity contribution in [2.24, 2.45) is 7.05 Å². The highest BCUT2D eigenvalue weighted by molar-refractivity contribution is 6.33. The van der Waals surface area contributed by atoms with E-state index in [9.17, 15) is 4.79 Å². The van der Waals surface area contributed by atoms with Gasteiger partial charge in [0.2, 0.25) is 0 Å². The second kappa shape index (κ2) is 8.96. The summed E-state index contributed by atoms with van der Waals surface area (Å²) in [7, 11) is 1.85. The fourth-order valence-corrected chi connectivity index (χ4v) is 5.34. The van der Waals surface area contributed by atoms with Crippen molar-refractivity contribution >= 4 is 23.2 Å². The van der Waals surface area contributed by atoms with Gasteiger partial charge in [0.25, 0.3) is 5.91 Å². The molecule has 0 radical (unpaired) electrons. The lowest BCUT2D eigenvalue weighted by Crippen LogP contribution is -2.32. The van der Waals surface area contributed by atoms with Gasteiger partial charge in [-0.15, -0.1) is 0 Å². The first-order valence-electron chi connectivity index (χ1n) is 11.2. The summed E-state index contributed by atoms with van der Waals surface area (Å²) >= 11 is 6.46. The molecule has 1 N–H and O–H groups in total. The molecule has 0 saturated carbocycles. The number of aryl methyl sites for hydroxylation is 1. The average molecular weight is 451 g/mol. The number of anilines is 1. The monoisotopic (exact) mass is 450 g/mol. The number of fused-ring (bicyclic) bond motifs is 2. The molecule has 2 aliphatic heterocycles. The van der Waals surface area contributed by atoms with Gasteiger partial charge >= 0.3 is 0 Å². The first-order valence-corrected chi connectivity index (χ1v) is 11.5. The maximum Gasteiger partial charge on any atom is 0.255 e. The van der Waals surface area contributed by atoms with Gasteiger partial charge in [-0.05, 0) is 56.0 Å².